The van der Waals surface area contributed by atoms with Gasteiger partial charge in [-0.1, -0.05) is 0 Å². The van der Waals surface area contributed by atoms with Crippen molar-refractivity contribution in [1.82, 2.24) is 0 Å². The summed E-state index contributed by atoms with van der Waals surface area (Å²) >= 11 is 0. The summed E-state index contributed by atoms with van der Waals surface area (Å²) in [6.07, 6.45) is 0. The zero-order chi connectivity index (χ0) is 22.3. The Morgan fingerprint density at radius 1 is 0.800 bits per heavy atom. The Labute approximate surface area is 178 Å². The molecular formula is C18H16N2O8S2. The molecule has 0 aliphatic heterocycles. The summed E-state index contributed by atoms with van der Waals surface area (Å²) in [5.74, 6) is -1.37. The van der Waals surface area contributed by atoms with Crippen molar-refractivity contribution < 1.29 is 28.9 Å². The number of nitro groups is 2. The van der Waals surface area contributed by atoms with Gasteiger partial charge in [-0.2, -0.15) is 0 Å². The molecule has 0 atom stereocenters. The summed E-state index contributed by atoms with van der Waals surface area (Å²) in [4.78, 5) is 45.5. The number of nitro benzene ring substituents is 2. The van der Waals surface area contributed by atoms with Crippen LogP contribution >= 0.6 is 21.6 Å². The summed E-state index contributed by atoms with van der Waals surface area (Å²) in [7, 11) is 1.84. The predicted molar refractivity (Wildman–Crippen MR) is 110 cm³/mol. The first kappa shape index (κ1) is 23.2. The minimum absolute atomic E-state index is 0.0303. The third-order valence-electron chi connectivity index (χ3n) is 3.55. The highest BCUT2D eigenvalue weighted by atomic mass is 33.1. The highest BCUT2D eigenvalue weighted by Gasteiger charge is 2.22. The first-order valence-electron chi connectivity index (χ1n) is 8.54. The van der Waals surface area contributed by atoms with Gasteiger partial charge in [0.2, 0.25) is 0 Å². The molecule has 0 saturated carbocycles. The maximum atomic E-state index is 11.8. The van der Waals surface area contributed by atoms with Crippen molar-refractivity contribution in [1.29, 1.82) is 0 Å². The van der Waals surface area contributed by atoms with Crippen LogP contribution in [0.2, 0.25) is 0 Å². The number of carbonyl (C=O) groups is 2. The highest BCUT2D eigenvalue weighted by Crippen LogP contribution is 2.45. The maximum Gasteiger partial charge on any atom is 0.338 e. The molecule has 2 aromatic carbocycles. The van der Waals surface area contributed by atoms with Crippen molar-refractivity contribution >= 4 is 44.9 Å². The average molecular weight is 452 g/mol. The van der Waals surface area contributed by atoms with E-state index in [-0.39, 0.29) is 45.5 Å². The lowest BCUT2D eigenvalue weighted by Crippen LogP contribution is -2.05. The topological polar surface area (TPSA) is 139 Å². The Morgan fingerprint density at radius 2 is 1.17 bits per heavy atom. The standard InChI is InChI=1S/C18H16N2O8S2/c1-3-27-17(21)11-5-7-15(13(9-11)19(23)24)29-30-16-8-6-12(18(22)28-4-2)10-14(16)20(25)26/h5-10H,3-4H2,1-2H3. The number of esters is 2. The van der Waals surface area contributed by atoms with Crippen molar-refractivity contribution in [3.8, 4) is 0 Å². The molecule has 158 valence electrons. The van der Waals surface area contributed by atoms with Crippen LogP contribution in [0.3, 0.4) is 0 Å². The molecule has 0 amide bonds. The Hall–Kier alpha value is -3.12. The van der Waals surface area contributed by atoms with Gasteiger partial charge in [0.25, 0.3) is 11.4 Å². The minimum atomic E-state index is -0.685. The molecule has 2 rings (SSSR count). The van der Waals surface area contributed by atoms with Crippen molar-refractivity contribution in [3.63, 3.8) is 0 Å². The molecule has 0 aliphatic rings. The summed E-state index contributed by atoms with van der Waals surface area (Å²) in [6, 6.07) is 7.71. The Balaban J connectivity index is 2.29. The van der Waals surface area contributed by atoms with E-state index in [1.807, 2.05) is 0 Å². The first-order chi connectivity index (χ1) is 14.3. The summed E-state index contributed by atoms with van der Waals surface area (Å²) in [5, 5.41) is 22.8. The fourth-order valence-electron chi connectivity index (χ4n) is 2.23. The van der Waals surface area contributed by atoms with E-state index in [2.05, 4.69) is 0 Å². The third kappa shape index (κ3) is 5.70. The molecule has 0 radical (unpaired) electrons. The number of benzene rings is 2. The van der Waals surface area contributed by atoms with E-state index in [0.717, 1.165) is 33.7 Å². The number of hydrogen-bond acceptors (Lipinski definition) is 10. The Kier molecular flexibility index (Phi) is 8.18. The molecule has 0 heterocycles. The fraction of sp³-hybridized carbons (Fsp3) is 0.222. The van der Waals surface area contributed by atoms with Gasteiger partial charge in [-0.3, -0.25) is 20.2 Å². The largest absolute Gasteiger partial charge is 0.462 e. The third-order valence-corrected chi connectivity index (χ3v) is 6.02. The van der Waals surface area contributed by atoms with Crippen molar-refractivity contribution in [2.75, 3.05) is 13.2 Å². The van der Waals surface area contributed by atoms with Gasteiger partial charge < -0.3 is 9.47 Å². The number of hydrogen-bond donors (Lipinski definition) is 0. The Morgan fingerprint density at radius 3 is 1.47 bits per heavy atom. The second kappa shape index (κ2) is 10.6. The number of rotatable bonds is 9. The highest BCUT2D eigenvalue weighted by molar-refractivity contribution is 8.76. The maximum absolute atomic E-state index is 11.8. The molecule has 10 nitrogen and oxygen atoms in total. The van der Waals surface area contributed by atoms with Crippen molar-refractivity contribution in [2.24, 2.45) is 0 Å². The second-order valence-corrected chi connectivity index (χ2v) is 7.70. The van der Waals surface area contributed by atoms with Gasteiger partial charge >= 0.3 is 11.9 Å². The molecule has 12 heteroatoms. The molecule has 0 aliphatic carbocycles. The number of ether oxygens (including phenoxy) is 2. The van der Waals surface area contributed by atoms with Gasteiger partial charge in [0.1, 0.15) is 0 Å². The fourth-order valence-corrected chi connectivity index (χ4v) is 4.48. The molecule has 0 saturated heterocycles. The molecule has 30 heavy (non-hydrogen) atoms. The van der Waals surface area contributed by atoms with Crippen LogP contribution in [0.25, 0.3) is 0 Å². The molecule has 0 aromatic heterocycles. The minimum Gasteiger partial charge on any atom is -0.462 e. The van der Waals surface area contributed by atoms with Gasteiger partial charge in [-0.25, -0.2) is 9.59 Å². The molecule has 2 aromatic rings. The summed E-state index contributed by atoms with van der Waals surface area (Å²) < 4.78 is 9.67. The van der Waals surface area contributed by atoms with E-state index < -0.39 is 21.8 Å². The van der Waals surface area contributed by atoms with Gasteiger partial charge in [0.15, 0.2) is 0 Å². The van der Waals surface area contributed by atoms with Crippen molar-refractivity contribution in [2.45, 2.75) is 23.6 Å². The molecule has 0 N–H and O–H groups in total. The van der Waals surface area contributed by atoms with E-state index in [4.69, 9.17) is 9.47 Å². The van der Waals surface area contributed by atoms with Gasteiger partial charge in [0.05, 0.1) is 44.0 Å². The number of nitrogens with zero attached hydrogens (tertiary/aromatic N) is 2. The van der Waals surface area contributed by atoms with E-state index >= 15 is 0 Å². The normalized spacial score (nSPS) is 10.3. The first-order valence-corrected chi connectivity index (χ1v) is 10.7. The van der Waals surface area contributed by atoms with Crippen LogP contribution in [0, 0.1) is 20.2 Å². The molecule has 0 spiro atoms. The van der Waals surface area contributed by atoms with Crippen LogP contribution in [0.15, 0.2) is 46.2 Å². The molecule has 0 bridgehead atoms. The predicted octanol–water partition coefficient (Wildman–Crippen LogP) is 4.66. The van der Waals surface area contributed by atoms with E-state index in [1.54, 1.807) is 13.8 Å². The molecular weight excluding hydrogens is 436 g/mol. The van der Waals surface area contributed by atoms with E-state index in [9.17, 15) is 29.8 Å². The quantitative estimate of drug-likeness (QED) is 0.228. The van der Waals surface area contributed by atoms with Gasteiger partial charge in [-0.05, 0) is 59.7 Å². The van der Waals surface area contributed by atoms with Crippen LogP contribution in [0.1, 0.15) is 34.6 Å². The Bertz CT molecular complexity index is 917. The zero-order valence-corrected chi connectivity index (χ0v) is 17.5. The van der Waals surface area contributed by atoms with Crippen LogP contribution in [-0.4, -0.2) is 35.0 Å². The van der Waals surface area contributed by atoms with Crippen LogP contribution < -0.4 is 0 Å². The van der Waals surface area contributed by atoms with Crippen LogP contribution in [0.4, 0.5) is 11.4 Å². The smallest absolute Gasteiger partial charge is 0.338 e. The molecule has 0 fully saturated rings. The monoisotopic (exact) mass is 452 g/mol. The summed E-state index contributed by atoms with van der Waals surface area (Å²) in [6.45, 7) is 3.50. The van der Waals surface area contributed by atoms with E-state index in [0.29, 0.717) is 0 Å². The van der Waals surface area contributed by atoms with Crippen LogP contribution in [-0.2, 0) is 9.47 Å². The lowest BCUT2D eigenvalue weighted by molar-refractivity contribution is -0.388. The summed E-state index contributed by atoms with van der Waals surface area (Å²) in [5.41, 5.74) is -0.599. The van der Waals surface area contributed by atoms with Gasteiger partial charge in [-0.15, -0.1) is 0 Å². The number of carbonyl (C=O) groups excluding carboxylic acids is 2. The van der Waals surface area contributed by atoms with Crippen LogP contribution in [0.5, 0.6) is 0 Å². The second-order valence-electron chi connectivity index (χ2n) is 5.49. The van der Waals surface area contributed by atoms with E-state index in [1.165, 1.54) is 24.3 Å². The lowest BCUT2D eigenvalue weighted by atomic mass is 10.2. The van der Waals surface area contributed by atoms with Gasteiger partial charge in [0, 0.05) is 12.1 Å². The SMILES string of the molecule is CCOC(=O)c1ccc(SSc2ccc(C(=O)OCC)cc2[N+](=O)[O-])c([N+](=O)[O-])c1. The zero-order valence-electron chi connectivity index (χ0n) is 15.9. The lowest BCUT2D eigenvalue weighted by Gasteiger charge is -2.07. The average Bonchev–Trinajstić information content (AvgIpc) is 2.72. The van der Waals surface area contributed by atoms with Crippen molar-refractivity contribution in [3.05, 3.63) is 67.8 Å². The molecule has 0 unspecified atom stereocenters.